The summed E-state index contributed by atoms with van der Waals surface area (Å²) in [4.78, 5) is 0. The molecule has 0 aromatic heterocycles. The molecule has 1 unspecified atom stereocenters. The van der Waals surface area contributed by atoms with E-state index in [1.807, 2.05) is 12.1 Å². The first-order chi connectivity index (χ1) is 11.5. The fourth-order valence-corrected chi connectivity index (χ4v) is 6.48. The summed E-state index contributed by atoms with van der Waals surface area (Å²) >= 11 is 0. The Labute approximate surface area is 143 Å². The van der Waals surface area contributed by atoms with Crippen molar-refractivity contribution in [3.8, 4) is 5.75 Å². The lowest BCUT2D eigenvalue weighted by Crippen LogP contribution is -2.47. The molecule has 5 aliphatic rings. The predicted molar refractivity (Wildman–Crippen MR) is 94.4 cm³/mol. The molecule has 0 saturated heterocycles. The average Bonchev–Trinajstić information content (AvgIpc) is 2.54. The highest BCUT2D eigenvalue weighted by Gasteiger charge is 2.52. The van der Waals surface area contributed by atoms with Crippen molar-refractivity contribution in [2.75, 3.05) is 0 Å². The normalized spacial score (nSPS) is 43.0. The van der Waals surface area contributed by atoms with Crippen LogP contribution in [0.5, 0.6) is 5.75 Å². The Bertz CT molecular complexity index is 694. The Kier molecular flexibility index (Phi) is 3.07. The van der Waals surface area contributed by atoms with E-state index in [-0.39, 0.29) is 5.75 Å². The van der Waals surface area contributed by atoms with E-state index < -0.39 is 5.60 Å². The van der Waals surface area contributed by atoms with E-state index in [0.29, 0.717) is 11.8 Å². The maximum Gasteiger partial charge on any atom is 0.115 e. The second-order valence-corrected chi connectivity index (χ2v) is 8.87. The number of hydrogen-bond donors (Lipinski definition) is 2. The zero-order valence-corrected chi connectivity index (χ0v) is 14.1. The van der Waals surface area contributed by atoms with Crippen LogP contribution < -0.4 is 0 Å². The van der Waals surface area contributed by atoms with Gasteiger partial charge in [0, 0.05) is 6.42 Å². The molecule has 24 heavy (non-hydrogen) atoms. The van der Waals surface area contributed by atoms with Crippen molar-refractivity contribution in [1.82, 2.24) is 0 Å². The van der Waals surface area contributed by atoms with E-state index in [0.717, 1.165) is 23.3 Å². The fourth-order valence-electron chi connectivity index (χ4n) is 6.48. The van der Waals surface area contributed by atoms with Gasteiger partial charge in [-0.15, -0.1) is 0 Å². The van der Waals surface area contributed by atoms with Crippen LogP contribution in [-0.2, 0) is 5.60 Å². The van der Waals surface area contributed by atoms with Gasteiger partial charge in [0.1, 0.15) is 11.4 Å². The van der Waals surface area contributed by atoms with Gasteiger partial charge >= 0.3 is 0 Å². The quantitative estimate of drug-likeness (QED) is 0.830. The summed E-state index contributed by atoms with van der Waals surface area (Å²) in [6.45, 7) is 0. The zero-order chi connectivity index (χ0) is 16.4. The third kappa shape index (κ3) is 2.19. The highest BCUT2D eigenvalue weighted by Crippen LogP contribution is 2.63. The number of allylic oxidation sites excluding steroid dienone is 2. The molecule has 0 aliphatic heterocycles. The van der Waals surface area contributed by atoms with Gasteiger partial charge in [0.05, 0.1) is 0 Å². The van der Waals surface area contributed by atoms with Gasteiger partial charge in [0.25, 0.3) is 0 Å². The number of phenols is 1. The summed E-state index contributed by atoms with van der Waals surface area (Å²) in [7, 11) is 0. The number of phenolic OH excluding ortho intramolecular Hbond substituents is 1. The molecule has 6 rings (SSSR count). The van der Waals surface area contributed by atoms with Gasteiger partial charge in [0.2, 0.25) is 0 Å². The zero-order valence-electron chi connectivity index (χ0n) is 14.1. The van der Waals surface area contributed by atoms with Crippen LogP contribution in [0.15, 0.2) is 48.1 Å². The molecular weight excluding hydrogens is 296 g/mol. The average molecular weight is 322 g/mol. The first kappa shape index (κ1) is 14.8. The molecule has 0 spiro atoms. The van der Waals surface area contributed by atoms with Crippen LogP contribution in [0.2, 0.25) is 0 Å². The third-order valence-electron chi connectivity index (χ3n) is 7.17. The van der Waals surface area contributed by atoms with Gasteiger partial charge < -0.3 is 10.2 Å². The number of rotatable bonds is 2. The third-order valence-corrected chi connectivity index (χ3v) is 7.17. The highest BCUT2D eigenvalue weighted by molar-refractivity contribution is 5.41. The van der Waals surface area contributed by atoms with E-state index in [4.69, 9.17) is 0 Å². The summed E-state index contributed by atoms with van der Waals surface area (Å²) in [5.74, 6) is 3.04. The topological polar surface area (TPSA) is 40.5 Å². The molecule has 4 saturated carbocycles. The number of benzene rings is 1. The van der Waals surface area contributed by atoms with E-state index in [1.54, 1.807) is 18.2 Å². The van der Waals surface area contributed by atoms with Crippen molar-refractivity contribution in [3.63, 3.8) is 0 Å². The minimum absolute atomic E-state index is 0.213. The van der Waals surface area contributed by atoms with Crippen LogP contribution in [0, 0.1) is 23.2 Å². The lowest BCUT2D eigenvalue weighted by Gasteiger charge is -2.58. The van der Waals surface area contributed by atoms with Gasteiger partial charge in [-0.1, -0.05) is 24.3 Å². The van der Waals surface area contributed by atoms with E-state index in [9.17, 15) is 10.2 Å². The fraction of sp³-hybridized carbons (Fsp3) is 0.545. The van der Waals surface area contributed by atoms with Gasteiger partial charge in [-0.3, -0.25) is 0 Å². The van der Waals surface area contributed by atoms with E-state index >= 15 is 0 Å². The molecule has 1 aromatic carbocycles. The van der Waals surface area contributed by atoms with Crippen LogP contribution in [0.3, 0.4) is 0 Å². The summed E-state index contributed by atoms with van der Waals surface area (Å²) in [5, 5.41) is 20.7. The standard InChI is InChI=1S/C22H26O2/c23-20-3-1-2-19(11-20)22(24)6-4-18(5-7-22)21-12-15-8-16(13-21)10-17(9-15)14-21/h1-6,11,15-17,23-24H,7-10,12-14H2. The van der Waals surface area contributed by atoms with Gasteiger partial charge in [0.15, 0.2) is 0 Å². The molecule has 2 N–H and O–H groups in total. The molecule has 1 atom stereocenters. The maximum atomic E-state index is 11.0. The molecular formula is C22H26O2. The van der Waals surface area contributed by atoms with E-state index in [2.05, 4.69) is 12.2 Å². The Morgan fingerprint density at radius 2 is 1.62 bits per heavy atom. The molecule has 2 nitrogen and oxygen atoms in total. The van der Waals surface area contributed by atoms with Crippen molar-refractivity contribution in [3.05, 3.63) is 53.6 Å². The van der Waals surface area contributed by atoms with Gasteiger partial charge in [-0.05, 0) is 91.0 Å². The van der Waals surface area contributed by atoms with Crippen LogP contribution >= 0.6 is 0 Å². The van der Waals surface area contributed by atoms with Gasteiger partial charge in [-0.2, -0.15) is 0 Å². The van der Waals surface area contributed by atoms with Crippen LogP contribution in [-0.4, -0.2) is 10.2 Å². The molecule has 126 valence electrons. The molecule has 2 heteroatoms. The molecule has 4 bridgehead atoms. The highest BCUT2D eigenvalue weighted by atomic mass is 16.3. The van der Waals surface area contributed by atoms with Gasteiger partial charge in [-0.25, -0.2) is 0 Å². The van der Waals surface area contributed by atoms with Crippen molar-refractivity contribution in [2.45, 2.75) is 50.5 Å². The Hall–Kier alpha value is -1.54. The second-order valence-electron chi connectivity index (χ2n) is 8.87. The lowest BCUT2D eigenvalue weighted by molar-refractivity contribution is -0.0296. The lowest BCUT2D eigenvalue weighted by atomic mass is 9.47. The summed E-state index contributed by atoms with van der Waals surface area (Å²) in [6.07, 6.45) is 15.5. The Morgan fingerprint density at radius 1 is 0.958 bits per heavy atom. The molecule has 4 fully saturated rings. The number of hydrogen-bond acceptors (Lipinski definition) is 2. The number of aliphatic hydroxyl groups is 1. The largest absolute Gasteiger partial charge is 0.508 e. The summed E-state index contributed by atoms with van der Waals surface area (Å²) in [5.41, 5.74) is 1.67. The minimum Gasteiger partial charge on any atom is -0.508 e. The minimum atomic E-state index is -0.982. The molecule has 0 radical (unpaired) electrons. The van der Waals surface area contributed by atoms with Crippen molar-refractivity contribution in [1.29, 1.82) is 0 Å². The van der Waals surface area contributed by atoms with Crippen molar-refractivity contribution >= 4 is 0 Å². The van der Waals surface area contributed by atoms with Crippen LogP contribution in [0.25, 0.3) is 0 Å². The smallest absolute Gasteiger partial charge is 0.115 e. The van der Waals surface area contributed by atoms with Crippen LogP contribution in [0.1, 0.15) is 50.5 Å². The van der Waals surface area contributed by atoms with E-state index in [1.165, 1.54) is 44.1 Å². The molecule has 0 heterocycles. The SMILES string of the molecule is Oc1cccc(C2(O)C=CC(C34CC5CC(CC(C5)C3)C4)=CC2)c1. The first-order valence-electron chi connectivity index (χ1n) is 9.46. The molecule has 0 amide bonds. The Morgan fingerprint density at radius 3 is 2.17 bits per heavy atom. The maximum absolute atomic E-state index is 11.0. The Balaban J connectivity index is 1.43. The monoisotopic (exact) mass is 322 g/mol. The second kappa shape index (κ2) is 4.98. The summed E-state index contributed by atoms with van der Waals surface area (Å²) in [6, 6.07) is 7.02. The van der Waals surface area contributed by atoms with Crippen molar-refractivity contribution < 1.29 is 10.2 Å². The van der Waals surface area contributed by atoms with Crippen molar-refractivity contribution in [2.24, 2.45) is 23.2 Å². The molecule has 5 aliphatic carbocycles. The molecule has 1 aromatic rings. The summed E-state index contributed by atoms with van der Waals surface area (Å²) < 4.78 is 0. The predicted octanol–water partition coefficient (Wildman–Crippen LogP) is 4.68. The van der Waals surface area contributed by atoms with Crippen LogP contribution in [0.4, 0.5) is 0 Å². The number of aromatic hydroxyl groups is 1. The first-order valence-corrected chi connectivity index (χ1v) is 9.46.